The van der Waals surface area contributed by atoms with Crippen LogP contribution in [0.5, 0.6) is 5.75 Å². The third kappa shape index (κ3) is 4.92. The predicted octanol–water partition coefficient (Wildman–Crippen LogP) is 2.77. The third-order valence-corrected chi connectivity index (χ3v) is 4.77. The predicted molar refractivity (Wildman–Crippen MR) is 94.8 cm³/mol. The molecule has 0 fully saturated rings. The van der Waals surface area contributed by atoms with E-state index in [1.54, 1.807) is 0 Å². The quantitative estimate of drug-likeness (QED) is 0.831. The number of nitrogens with one attached hydrogen (secondary N) is 1. The zero-order chi connectivity index (χ0) is 19.5. The summed E-state index contributed by atoms with van der Waals surface area (Å²) in [6.07, 6.45) is 0.122. The van der Waals surface area contributed by atoms with E-state index in [0.29, 0.717) is 17.5 Å². The molecule has 0 unspecified atom stereocenters. The number of sulfonamides is 1. The minimum Gasteiger partial charge on any atom is -0.481 e. The van der Waals surface area contributed by atoms with Gasteiger partial charge in [-0.15, -0.1) is 0 Å². The highest BCUT2D eigenvalue weighted by molar-refractivity contribution is 7.92. The first-order chi connectivity index (χ1) is 12.1. The topological polar surface area (TPSA) is 75.7 Å². The Kier molecular flexibility index (Phi) is 5.81. The van der Waals surface area contributed by atoms with Gasteiger partial charge in [-0.05, 0) is 43.3 Å². The number of rotatable bonds is 6. The van der Waals surface area contributed by atoms with Crippen LogP contribution in [0.4, 0.5) is 20.2 Å². The maximum absolute atomic E-state index is 13.6. The van der Waals surface area contributed by atoms with E-state index in [1.165, 1.54) is 38.2 Å². The van der Waals surface area contributed by atoms with Crippen LogP contribution in [0.3, 0.4) is 0 Å². The molecule has 1 atom stereocenters. The lowest BCUT2D eigenvalue weighted by molar-refractivity contribution is -0.122. The SMILES string of the molecule is C[C@H](Oc1ccc(N(C)S(C)(=O)=O)cc1)C(=O)Nc1ccc(F)cc1F. The van der Waals surface area contributed by atoms with Crippen LogP contribution in [0, 0.1) is 11.6 Å². The molecule has 0 spiro atoms. The fourth-order valence-electron chi connectivity index (χ4n) is 2.01. The molecule has 0 bridgehead atoms. The van der Waals surface area contributed by atoms with Crippen molar-refractivity contribution >= 4 is 27.3 Å². The number of hydrogen-bond donors (Lipinski definition) is 1. The first-order valence-electron chi connectivity index (χ1n) is 7.54. The standard InChI is InChI=1S/C17H18F2N2O4S/c1-11(17(22)20-16-9-4-12(18)10-15(16)19)25-14-7-5-13(6-8-14)21(2)26(3,23)24/h4-11H,1-3H3,(H,20,22)/t11-/m0/s1. The largest absolute Gasteiger partial charge is 0.481 e. The number of carbonyl (C=O) groups excluding carboxylic acids is 1. The summed E-state index contributed by atoms with van der Waals surface area (Å²) in [5.74, 6) is -1.92. The molecule has 9 heteroatoms. The number of benzene rings is 2. The van der Waals surface area contributed by atoms with Gasteiger partial charge in [0, 0.05) is 13.1 Å². The minimum absolute atomic E-state index is 0.156. The molecule has 0 saturated heterocycles. The summed E-state index contributed by atoms with van der Waals surface area (Å²) in [6, 6.07) is 8.89. The van der Waals surface area contributed by atoms with Crippen LogP contribution in [0.15, 0.2) is 42.5 Å². The molecular formula is C17H18F2N2O4S. The van der Waals surface area contributed by atoms with Gasteiger partial charge in [-0.3, -0.25) is 9.10 Å². The highest BCUT2D eigenvalue weighted by Gasteiger charge is 2.17. The Morgan fingerprint density at radius 2 is 1.77 bits per heavy atom. The lowest BCUT2D eigenvalue weighted by Gasteiger charge is -2.18. The maximum Gasteiger partial charge on any atom is 0.265 e. The Bertz CT molecular complexity index is 901. The van der Waals surface area contributed by atoms with Crippen molar-refractivity contribution in [3.05, 3.63) is 54.1 Å². The van der Waals surface area contributed by atoms with Crippen LogP contribution in [0.1, 0.15) is 6.92 Å². The van der Waals surface area contributed by atoms with E-state index in [0.717, 1.165) is 22.7 Å². The monoisotopic (exact) mass is 384 g/mol. The van der Waals surface area contributed by atoms with E-state index >= 15 is 0 Å². The van der Waals surface area contributed by atoms with Crippen molar-refractivity contribution in [2.45, 2.75) is 13.0 Å². The number of carbonyl (C=O) groups is 1. The summed E-state index contributed by atoms with van der Waals surface area (Å²) in [7, 11) is -1.97. The summed E-state index contributed by atoms with van der Waals surface area (Å²) >= 11 is 0. The van der Waals surface area contributed by atoms with Gasteiger partial charge in [-0.1, -0.05) is 0 Å². The van der Waals surface area contributed by atoms with E-state index in [1.807, 2.05) is 0 Å². The van der Waals surface area contributed by atoms with Gasteiger partial charge in [0.05, 0.1) is 17.6 Å². The number of ether oxygens (including phenoxy) is 1. The lowest BCUT2D eigenvalue weighted by Crippen LogP contribution is -2.30. The Labute approximate surface area is 150 Å². The Hall–Kier alpha value is -2.68. The van der Waals surface area contributed by atoms with Crippen molar-refractivity contribution in [2.75, 3.05) is 22.9 Å². The molecule has 26 heavy (non-hydrogen) atoms. The molecule has 0 radical (unpaired) electrons. The van der Waals surface area contributed by atoms with Gasteiger partial charge in [0.15, 0.2) is 6.10 Å². The van der Waals surface area contributed by atoms with Crippen LogP contribution in [-0.4, -0.2) is 33.7 Å². The normalized spacial score (nSPS) is 12.3. The summed E-state index contributed by atoms with van der Waals surface area (Å²) in [5, 5.41) is 2.31. The van der Waals surface area contributed by atoms with Crippen LogP contribution < -0.4 is 14.4 Å². The molecule has 0 saturated carbocycles. The molecule has 6 nitrogen and oxygen atoms in total. The first-order valence-corrected chi connectivity index (χ1v) is 9.39. The molecule has 140 valence electrons. The second-order valence-electron chi connectivity index (χ2n) is 5.60. The van der Waals surface area contributed by atoms with Gasteiger partial charge in [-0.25, -0.2) is 17.2 Å². The molecule has 2 aromatic rings. The minimum atomic E-state index is -3.38. The highest BCUT2D eigenvalue weighted by atomic mass is 32.2. The van der Waals surface area contributed by atoms with E-state index in [-0.39, 0.29) is 5.69 Å². The number of halogens is 2. The average molecular weight is 384 g/mol. The number of nitrogens with zero attached hydrogens (tertiary/aromatic N) is 1. The van der Waals surface area contributed by atoms with Gasteiger partial charge in [0.1, 0.15) is 17.4 Å². The Morgan fingerprint density at radius 3 is 2.31 bits per heavy atom. The van der Waals surface area contributed by atoms with Crippen molar-refractivity contribution in [1.29, 1.82) is 0 Å². The van der Waals surface area contributed by atoms with Crippen molar-refractivity contribution in [2.24, 2.45) is 0 Å². The van der Waals surface area contributed by atoms with Gasteiger partial charge in [0.2, 0.25) is 10.0 Å². The summed E-state index contributed by atoms with van der Waals surface area (Å²) in [6.45, 7) is 1.47. The molecule has 0 aliphatic carbocycles. The molecule has 0 heterocycles. The average Bonchev–Trinajstić information content (AvgIpc) is 2.56. The molecular weight excluding hydrogens is 366 g/mol. The van der Waals surface area contributed by atoms with E-state index < -0.39 is 33.7 Å². The third-order valence-electron chi connectivity index (χ3n) is 3.57. The van der Waals surface area contributed by atoms with Crippen LogP contribution >= 0.6 is 0 Å². The maximum atomic E-state index is 13.6. The fraction of sp³-hybridized carbons (Fsp3) is 0.235. The molecule has 1 N–H and O–H groups in total. The zero-order valence-corrected chi connectivity index (χ0v) is 15.2. The highest BCUT2D eigenvalue weighted by Crippen LogP contribution is 2.21. The van der Waals surface area contributed by atoms with E-state index in [9.17, 15) is 22.0 Å². The lowest BCUT2D eigenvalue weighted by atomic mass is 10.2. The second kappa shape index (κ2) is 7.69. The molecule has 0 aliphatic heterocycles. The van der Waals surface area contributed by atoms with Crippen molar-refractivity contribution in [1.82, 2.24) is 0 Å². The smallest absolute Gasteiger partial charge is 0.265 e. The van der Waals surface area contributed by atoms with Gasteiger partial charge in [-0.2, -0.15) is 0 Å². The van der Waals surface area contributed by atoms with Crippen molar-refractivity contribution in [3.63, 3.8) is 0 Å². The van der Waals surface area contributed by atoms with E-state index in [2.05, 4.69) is 5.32 Å². The van der Waals surface area contributed by atoms with Crippen LogP contribution in [-0.2, 0) is 14.8 Å². The number of amides is 1. The van der Waals surface area contributed by atoms with Gasteiger partial charge >= 0.3 is 0 Å². The first kappa shape index (κ1) is 19.6. The summed E-state index contributed by atoms with van der Waals surface area (Å²) < 4.78 is 56.0. The van der Waals surface area contributed by atoms with E-state index in [4.69, 9.17) is 4.74 Å². The molecule has 0 aliphatic rings. The van der Waals surface area contributed by atoms with Crippen LogP contribution in [0.2, 0.25) is 0 Å². The molecule has 2 rings (SSSR count). The number of hydrogen-bond acceptors (Lipinski definition) is 4. The fourth-order valence-corrected chi connectivity index (χ4v) is 2.51. The van der Waals surface area contributed by atoms with Gasteiger partial charge in [0.25, 0.3) is 5.91 Å². The van der Waals surface area contributed by atoms with Crippen molar-refractivity contribution in [3.8, 4) is 5.75 Å². The van der Waals surface area contributed by atoms with Crippen molar-refractivity contribution < 1.29 is 26.7 Å². The van der Waals surface area contributed by atoms with Gasteiger partial charge < -0.3 is 10.1 Å². The molecule has 1 amide bonds. The summed E-state index contributed by atoms with van der Waals surface area (Å²) in [4.78, 5) is 12.1. The summed E-state index contributed by atoms with van der Waals surface area (Å²) in [5.41, 5.74) is 0.280. The molecule has 0 aromatic heterocycles. The second-order valence-corrected chi connectivity index (χ2v) is 7.61. The number of anilines is 2. The molecule has 2 aromatic carbocycles. The Balaban J connectivity index is 2.02. The zero-order valence-electron chi connectivity index (χ0n) is 14.4. The van der Waals surface area contributed by atoms with Crippen LogP contribution in [0.25, 0.3) is 0 Å². The Morgan fingerprint density at radius 1 is 1.15 bits per heavy atom.